The lowest BCUT2D eigenvalue weighted by molar-refractivity contribution is -0.117. The molecule has 1 aliphatic heterocycles. The molecule has 2 heterocycles. The van der Waals surface area contributed by atoms with Crippen LogP contribution in [0, 0.1) is 6.92 Å². The summed E-state index contributed by atoms with van der Waals surface area (Å²) in [6.45, 7) is 2.83. The monoisotopic (exact) mass is 194 g/mol. The number of aromatic nitrogens is 2. The summed E-state index contributed by atoms with van der Waals surface area (Å²) >= 11 is 0. The third kappa shape index (κ3) is 1.77. The minimum atomic E-state index is -0.0438. The average Bonchev–Trinajstić information content (AvgIpc) is 2.77. The third-order valence-corrected chi connectivity index (χ3v) is 2.45. The van der Waals surface area contributed by atoms with Crippen molar-refractivity contribution in [1.29, 1.82) is 0 Å². The number of amides is 1. The van der Waals surface area contributed by atoms with E-state index in [0.29, 0.717) is 5.82 Å². The van der Waals surface area contributed by atoms with Gasteiger partial charge < -0.3 is 10.6 Å². The second-order valence-corrected chi connectivity index (χ2v) is 3.57. The molecule has 1 saturated heterocycles. The van der Waals surface area contributed by atoms with Gasteiger partial charge in [0.15, 0.2) is 0 Å². The van der Waals surface area contributed by atoms with Crippen molar-refractivity contribution in [3.05, 3.63) is 11.8 Å². The van der Waals surface area contributed by atoms with E-state index in [1.54, 1.807) is 6.20 Å². The largest absolute Gasteiger partial charge is 0.309 e. The molecule has 0 radical (unpaired) electrons. The molecule has 0 saturated carbocycles. The number of anilines is 1. The Morgan fingerprint density at radius 2 is 2.57 bits per heavy atom. The molecule has 3 N–H and O–H groups in total. The van der Waals surface area contributed by atoms with Crippen LogP contribution in [0.3, 0.4) is 0 Å². The van der Waals surface area contributed by atoms with Gasteiger partial charge >= 0.3 is 0 Å². The van der Waals surface area contributed by atoms with Gasteiger partial charge in [0.2, 0.25) is 5.91 Å². The molecule has 14 heavy (non-hydrogen) atoms. The van der Waals surface area contributed by atoms with Crippen LogP contribution in [0.2, 0.25) is 0 Å². The summed E-state index contributed by atoms with van der Waals surface area (Å²) in [4.78, 5) is 11.6. The molecule has 0 spiro atoms. The average molecular weight is 194 g/mol. The van der Waals surface area contributed by atoms with Gasteiger partial charge in [-0.05, 0) is 26.3 Å². The maximum Gasteiger partial charge on any atom is 0.242 e. The van der Waals surface area contributed by atoms with Gasteiger partial charge in [-0.1, -0.05) is 0 Å². The molecule has 1 unspecified atom stereocenters. The lowest BCUT2D eigenvalue weighted by Crippen LogP contribution is -2.35. The van der Waals surface area contributed by atoms with Gasteiger partial charge in [-0.2, -0.15) is 5.10 Å². The second-order valence-electron chi connectivity index (χ2n) is 3.57. The summed E-state index contributed by atoms with van der Waals surface area (Å²) in [5, 5.41) is 12.5. The Morgan fingerprint density at radius 3 is 3.14 bits per heavy atom. The van der Waals surface area contributed by atoms with Crippen molar-refractivity contribution < 1.29 is 4.79 Å². The summed E-state index contributed by atoms with van der Waals surface area (Å²) in [6, 6.07) is -0.0438. The summed E-state index contributed by atoms with van der Waals surface area (Å²) in [5.74, 6) is 0.721. The lowest BCUT2D eigenvalue weighted by atomic mass is 10.2. The van der Waals surface area contributed by atoms with Crippen LogP contribution in [0.4, 0.5) is 5.82 Å². The number of carbonyl (C=O) groups excluding carboxylic acids is 1. The fraction of sp³-hybridized carbons (Fsp3) is 0.556. The molecule has 1 amide bonds. The van der Waals surface area contributed by atoms with Crippen molar-refractivity contribution in [2.75, 3.05) is 11.9 Å². The fourth-order valence-corrected chi connectivity index (χ4v) is 1.59. The van der Waals surface area contributed by atoms with Crippen LogP contribution in [-0.4, -0.2) is 28.7 Å². The predicted molar refractivity (Wildman–Crippen MR) is 53.0 cm³/mol. The molecule has 1 atom stereocenters. The molecule has 1 aromatic rings. The molecule has 0 aromatic carbocycles. The molecule has 5 heteroatoms. The molecule has 76 valence electrons. The Kier molecular flexibility index (Phi) is 2.49. The highest BCUT2D eigenvalue weighted by molar-refractivity contribution is 5.94. The van der Waals surface area contributed by atoms with Crippen LogP contribution in [-0.2, 0) is 4.79 Å². The second kappa shape index (κ2) is 3.79. The van der Waals surface area contributed by atoms with Gasteiger partial charge in [-0.25, -0.2) is 0 Å². The molecule has 2 rings (SSSR count). The molecular formula is C9H14N4O. The minimum Gasteiger partial charge on any atom is -0.309 e. The van der Waals surface area contributed by atoms with Gasteiger partial charge in [-0.3, -0.25) is 9.89 Å². The van der Waals surface area contributed by atoms with Crippen LogP contribution in [0.25, 0.3) is 0 Å². The molecule has 1 aromatic heterocycles. The van der Waals surface area contributed by atoms with Crippen LogP contribution < -0.4 is 10.6 Å². The van der Waals surface area contributed by atoms with Gasteiger partial charge in [0.05, 0.1) is 12.2 Å². The standard InChI is InChI=1S/C9H14N4O/c1-6-5-11-13-8(6)12-9(14)7-3-2-4-10-7/h5,7,10H,2-4H2,1H3,(H2,11,12,13,14). The Bertz CT molecular complexity index is 327. The highest BCUT2D eigenvalue weighted by atomic mass is 16.2. The van der Waals surface area contributed by atoms with Gasteiger partial charge in [0.1, 0.15) is 5.82 Å². The SMILES string of the molecule is Cc1cn[nH]c1NC(=O)C1CCCN1. The Labute approximate surface area is 82.3 Å². The van der Waals surface area contributed by atoms with E-state index in [9.17, 15) is 4.79 Å². The lowest BCUT2D eigenvalue weighted by Gasteiger charge is -2.09. The molecular weight excluding hydrogens is 180 g/mol. The van der Waals surface area contributed by atoms with Crippen LogP contribution in [0.1, 0.15) is 18.4 Å². The number of nitrogens with zero attached hydrogens (tertiary/aromatic N) is 1. The molecule has 1 fully saturated rings. The first kappa shape index (κ1) is 9.21. The van der Waals surface area contributed by atoms with Crippen molar-refractivity contribution in [1.82, 2.24) is 15.5 Å². The van der Waals surface area contributed by atoms with E-state index >= 15 is 0 Å². The van der Waals surface area contributed by atoms with E-state index in [1.807, 2.05) is 6.92 Å². The number of carbonyl (C=O) groups is 1. The number of rotatable bonds is 2. The molecule has 5 nitrogen and oxygen atoms in total. The number of aryl methyl sites for hydroxylation is 1. The van der Waals surface area contributed by atoms with Crippen molar-refractivity contribution in [3.63, 3.8) is 0 Å². The minimum absolute atomic E-state index is 0.0230. The highest BCUT2D eigenvalue weighted by Crippen LogP contribution is 2.11. The summed E-state index contributed by atoms with van der Waals surface area (Å²) < 4.78 is 0. The predicted octanol–water partition coefficient (Wildman–Crippen LogP) is 0.409. The van der Waals surface area contributed by atoms with Crippen LogP contribution >= 0.6 is 0 Å². The number of H-pyrrole nitrogens is 1. The topological polar surface area (TPSA) is 69.8 Å². The Balaban J connectivity index is 1.97. The van der Waals surface area contributed by atoms with Crippen molar-refractivity contribution in [3.8, 4) is 0 Å². The first-order valence-corrected chi connectivity index (χ1v) is 4.81. The summed E-state index contributed by atoms with van der Waals surface area (Å²) in [7, 11) is 0. The number of hydrogen-bond donors (Lipinski definition) is 3. The van der Waals surface area contributed by atoms with Gasteiger partial charge in [0, 0.05) is 5.56 Å². The quantitative estimate of drug-likeness (QED) is 0.638. The maximum absolute atomic E-state index is 11.6. The van der Waals surface area contributed by atoms with Crippen molar-refractivity contribution in [2.45, 2.75) is 25.8 Å². The Hall–Kier alpha value is -1.36. The Morgan fingerprint density at radius 1 is 1.71 bits per heavy atom. The molecule has 1 aliphatic rings. The van der Waals surface area contributed by atoms with Crippen molar-refractivity contribution >= 4 is 11.7 Å². The first-order chi connectivity index (χ1) is 6.77. The van der Waals surface area contributed by atoms with E-state index in [2.05, 4.69) is 20.8 Å². The van der Waals surface area contributed by atoms with Crippen LogP contribution in [0.15, 0.2) is 6.20 Å². The fourth-order valence-electron chi connectivity index (χ4n) is 1.59. The number of hydrogen-bond acceptors (Lipinski definition) is 3. The first-order valence-electron chi connectivity index (χ1n) is 4.81. The van der Waals surface area contributed by atoms with E-state index < -0.39 is 0 Å². The summed E-state index contributed by atoms with van der Waals surface area (Å²) in [5.41, 5.74) is 0.955. The zero-order chi connectivity index (χ0) is 9.97. The van der Waals surface area contributed by atoms with Crippen molar-refractivity contribution in [2.24, 2.45) is 0 Å². The van der Waals surface area contributed by atoms with E-state index in [4.69, 9.17) is 0 Å². The molecule has 0 aliphatic carbocycles. The van der Waals surface area contributed by atoms with Gasteiger partial charge in [-0.15, -0.1) is 0 Å². The highest BCUT2D eigenvalue weighted by Gasteiger charge is 2.22. The van der Waals surface area contributed by atoms with Gasteiger partial charge in [0.25, 0.3) is 0 Å². The zero-order valence-electron chi connectivity index (χ0n) is 8.13. The van der Waals surface area contributed by atoms with E-state index in [-0.39, 0.29) is 11.9 Å². The smallest absolute Gasteiger partial charge is 0.242 e. The normalized spacial score (nSPS) is 21.1. The third-order valence-electron chi connectivity index (χ3n) is 2.45. The summed E-state index contributed by atoms with van der Waals surface area (Å²) in [6.07, 6.45) is 3.68. The zero-order valence-corrected chi connectivity index (χ0v) is 8.13. The van der Waals surface area contributed by atoms with E-state index in [0.717, 1.165) is 24.9 Å². The number of aromatic amines is 1. The number of nitrogens with one attached hydrogen (secondary N) is 3. The maximum atomic E-state index is 11.6. The van der Waals surface area contributed by atoms with E-state index in [1.165, 1.54) is 0 Å². The molecule has 0 bridgehead atoms. The van der Waals surface area contributed by atoms with Crippen LogP contribution in [0.5, 0.6) is 0 Å².